The maximum absolute atomic E-state index is 12.5. The minimum Gasteiger partial charge on any atom is -0.357 e. The Balaban J connectivity index is 2.04. The van der Waals surface area contributed by atoms with E-state index in [0.29, 0.717) is 26.2 Å². The molecule has 0 spiro atoms. The van der Waals surface area contributed by atoms with Gasteiger partial charge in [0, 0.05) is 47.3 Å². The van der Waals surface area contributed by atoms with Gasteiger partial charge in [-0.05, 0) is 5.56 Å². The lowest BCUT2D eigenvalue weighted by Gasteiger charge is -2.40. The molecule has 2 amide bonds. The smallest absolute Gasteiger partial charge is 0.279 e. The van der Waals surface area contributed by atoms with Gasteiger partial charge in [0.15, 0.2) is 0 Å². The third kappa shape index (κ3) is 5.73. The van der Waals surface area contributed by atoms with Crippen LogP contribution in [0.5, 0.6) is 0 Å². The summed E-state index contributed by atoms with van der Waals surface area (Å²) in [5.74, 6) is -0.690. The van der Waals surface area contributed by atoms with Crippen molar-refractivity contribution in [2.24, 2.45) is 0 Å². The molecule has 1 atom stereocenters. The summed E-state index contributed by atoms with van der Waals surface area (Å²) >= 11 is 0. The Morgan fingerprint density at radius 3 is 2.44 bits per heavy atom. The normalized spacial score (nSPS) is 18.5. The number of nitrogens with one attached hydrogen (secondary N) is 2. The topological polar surface area (TPSA) is 102 Å². The highest BCUT2D eigenvalue weighted by atomic mass is 32.2. The first kappa shape index (κ1) is 21.3. The zero-order chi connectivity index (χ0) is 20.0. The number of likely N-dealkylation sites (N-methyl/N-ethyl adjacent to an activating group) is 1. The standard InChI is InChI=1S/C17H27N5O4S/c1-18-17(24)15-13-21(12-14-7-5-4-6-8-14)9-10-22(15)16(23)11-19-27(25,26)20(2)3/h4-8,15,19H,9-13H2,1-3H3,(H,18,24). The van der Waals surface area contributed by atoms with E-state index in [1.54, 1.807) is 0 Å². The van der Waals surface area contributed by atoms with E-state index in [-0.39, 0.29) is 12.5 Å². The van der Waals surface area contributed by atoms with Gasteiger partial charge in [-0.1, -0.05) is 30.3 Å². The van der Waals surface area contributed by atoms with Gasteiger partial charge in [0.2, 0.25) is 11.8 Å². The fourth-order valence-corrected chi connectivity index (χ4v) is 3.46. The summed E-state index contributed by atoms with van der Waals surface area (Å²) in [7, 11) is 0.577. The van der Waals surface area contributed by atoms with Gasteiger partial charge >= 0.3 is 0 Å². The number of rotatable bonds is 7. The van der Waals surface area contributed by atoms with Gasteiger partial charge in [-0.3, -0.25) is 14.5 Å². The van der Waals surface area contributed by atoms with Crippen LogP contribution in [-0.2, 0) is 26.3 Å². The van der Waals surface area contributed by atoms with Gasteiger partial charge in [-0.2, -0.15) is 17.4 Å². The van der Waals surface area contributed by atoms with Gasteiger partial charge in [0.25, 0.3) is 10.2 Å². The number of carbonyl (C=O) groups is 2. The molecular weight excluding hydrogens is 370 g/mol. The number of piperazine rings is 1. The Morgan fingerprint density at radius 2 is 1.85 bits per heavy atom. The first-order valence-corrected chi connectivity index (χ1v) is 10.1. The fraction of sp³-hybridized carbons (Fsp3) is 0.529. The number of amides is 2. The van der Waals surface area contributed by atoms with E-state index in [1.807, 2.05) is 30.3 Å². The van der Waals surface area contributed by atoms with Crippen LogP contribution >= 0.6 is 0 Å². The highest BCUT2D eigenvalue weighted by Gasteiger charge is 2.35. The van der Waals surface area contributed by atoms with E-state index in [1.165, 1.54) is 26.0 Å². The van der Waals surface area contributed by atoms with Crippen LogP contribution in [-0.4, -0.2) is 87.7 Å². The summed E-state index contributed by atoms with van der Waals surface area (Å²) in [6.07, 6.45) is 0. The molecule has 0 radical (unpaired) electrons. The summed E-state index contributed by atoms with van der Waals surface area (Å²) in [6, 6.07) is 9.24. The van der Waals surface area contributed by atoms with E-state index in [2.05, 4.69) is 14.9 Å². The molecule has 2 N–H and O–H groups in total. The molecule has 1 aliphatic rings. The molecule has 0 saturated carbocycles. The van der Waals surface area contributed by atoms with Gasteiger partial charge in [0.1, 0.15) is 6.04 Å². The van der Waals surface area contributed by atoms with Crippen LogP contribution in [0.4, 0.5) is 0 Å². The van der Waals surface area contributed by atoms with Crippen LogP contribution in [0, 0.1) is 0 Å². The first-order valence-electron chi connectivity index (χ1n) is 8.69. The van der Waals surface area contributed by atoms with E-state index < -0.39 is 22.2 Å². The number of nitrogens with zero attached hydrogens (tertiary/aromatic N) is 3. The molecule has 150 valence electrons. The molecule has 10 heteroatoms. The minimum absolute atomic E-state index is 0.267. The van der Waals surface area contributed by atoms with Crippen molar-refractivity contribution in [2.45, 2.75) is 12.6 Å². The van der Waals surface area contributed by atoms with Crippen LogP contribution in [0.1, 0.15) is 5.56 Å². The fourth-order valence-electron chi connectivity index (χ4n) is 2.90. The van der Waals surface area contributed by atoms with E-state index in [9.17, 15) is 18.0 Å². The van der Waals surface area contributed by atoms with Crippen molar-refractivity contribution in [3.63, 3.8) is 0 Å². The number of hydrogen-bond acceptors (Lipinski definition) is 5. The van der Waals surface area contributed by atoms with Gasteiger partial charge in [-0.25, -0.2) is 0 Å². The van der Waals surface area contributed by atoms with Crippen molar-refractivity contribution in [3.8, 4) is 0 Å². The average molecular weight is 398 g/mol. The molecule has 1 aromatic rings. The quantitative estimate of drug-likeness (QED) is 0.604. The molecule has 1 heterocycles. The predicted molar refractivity (Wildman–Crippen MR) is 102 cm³/mol. The summed E-state index contributed by atoms with van der Waals surface area (Å²) in [5, 5.41) is 2.59. The van der Waals surface area contributed by atoms with Gasteiger partial charge in [-0.15, -0.1) is 0 Å². The SMILES string of the molecule is CNC(=O)C1CN(Cc2ccccc2)CCN1C(=O)CNS(=O)(=O)N(C)C. The van der Waals surface area contributed by atoms with E-state index in [4.69, 9.17) is 0 Å². The zero-order valence-electron chi connectivity index (χ0n) is 15.9. The predicted octanol–water partition coefficient (Wildman–Crippen LogP) is -1.16. The molecular formula is C17H27N5O4S. The van der Waals surface area contributed by atoms with Crippen molar-refractivity contribution >= 4 is 22.0 Å². The molecule has 1 aliphatic heterocycles. The molecule has 2 rings (SSSR count). The van der Waals surface area contributed by atoms with Crippen molar-refractivity contribution in [1.82, 2.24) is 24.1 Å². The summed E-state index contributed by atoms with van der Waals surface area (Å²) in [6.45, 7) is 1.65. The molecule has 9 nitrogen and oxygen atoms in total. The number of hydrogen-bond donors (Lipinski definition) is 2. The Morgan fingerprint density at radius 1 is 1.19 bits per heavy atom. The molecule has 1 unspecified atom stereocenters. The maximum Gasteiger partial charge on any atom is 0.279 e. The molecule has 1 saturated heterocycles. The molecule has 27 heavy (non-hydrogen) atoms. The Hall–Kier alpha value is -2.01. The first-order chi connectivity index (χ1) is 12.7. The third-order valence-corrected chi connectivity index (χ3v) is 5.94. The van der Waals surface area contributed by atoms with Gasteiger partial charge in [0.05, 0.1) is 6.54 Å². The molecule has 1 fully saturated rings. The number of carbonyl (C=O) groups excluding carboxylic acids is 2. The highest BCUT2D eigenvalue weighted by molar-refractivity contribution is 7.87. The second-order valence-electron chi connectivity index (χ2n) is 6.55. The lowest BCUT2D eigenvalue weighted by molar-refractivity contribution is -0.143. The van der Waals surface area contributed by atoms with Crippen molar-refractivity contribution in [1.29, 1.82) is 0 Å². The van der Waals surface area contributed by atoms with Crippen molar-refractivity contribution < 1.29 is 18.0 Å². The second kappa shape index (κ2) is 9.27. The number of benzene rings is 1. The monoisotopic (exact) mass is 397 g/mol. The molecule has 0 aliphatic carbocycles. The van der Waals surface area contributed by atoms with Crippen molar-refractivity contribution in [3.05, 3.63) is 35.9 Å². The van der Waals surface area contributed by atoms with Crippen LogP contribution in [0.15, 0.2) is 30.3 Å². The van der Waals surface area contributed by atoms with Crippen LogP contribution in [0.2, 0.25) is 0 Å². The Labute approximate surface area is 160 Å². The van der Waals surface area contributed by atoms with Crippen LogP contribution in [0.3, 0.4) is 0 Å². The van der Waals surface area contributed by atoms with E-state index >= 15 is 0 Å². The highest BCUT2D eigenvalue weighted by Crippen LogP contribution is 2.14. The van der Waals surface area contributed by atoms with Crippen LogP contribution < -0.4 is 10.0 Å². The third-order valence-electron chi connectivity index (χ3n) is 4.47. The molecule has 0 bridgehead atoms. The minimum atomic E-state index is -3.70. The maximum atomic E-state index is 12.5. The zero-order valence-corrected chi connectivity index (χ0v) is 16.7. The van der Waals surface area contributed by atoms with Crippen molar-refractivity contribution in [2.75, 3.05) is 47.3 Å². The second-order valence-corrected chi connectivity index (χ2v) is 8.52. The Bertz CT molecular complexity index is 754. The molecule has 1 aromatic carbocycles. The summed E-state index contributed by atoms with van der Waals surface area (Å²) < 4.78 is 26.8. The summed E-state index contributed by atoms with van der Waals surface area (Å²) in [4.78, 5) is 28.4. The average Bonchev–Trinajstić information content (AvgIpc) is 2.66. The van der Waals surface area contributed by atoms with Gasteiger partial charge < -0.3 is 10.2 Å². The van der Waals surface area contributed by atoms with Crippen LogP contribution in [0.25, 0.3) is 0 Å². The summed E-state index contributed by atoms with van der Waals surface area (Å²) in [5.41, 5.74) is 1.13. The largest absolute Gasteiger partial charge is 0.357 e. The molecule has 0 aromatic heterocycles. The lowest BCUT2D eigenvalue weighted by Crippen LogP contribution is -2.61. The lowest BCUT2D eigenvalue weighted by atomic mass is 10.1. The van der Waals surface area contributed by atoms with E-state index in [0.717, 1.165) is 9.87 Å². The Kier molecular flexibility index (Phi) is 7.31.